The molecule has 0 spiro atoms. The third-order valence-corrected chi connectivity index (χ3v) is 2.21. The van der Waals surface area contributed by atoms with E-state index in [1.807, 2.05) is 0 Å². The lowest BCUT2D eigenvalue weighted by Gasteiger charge is -2.01. The van der Waals surface area contributed by atoms with Gasteiger partial charge in [0.25, 0.3) is 0 Å². The second kappa shape index (κ2) is 10.8. The molecule has 0 rings (SSSR count). The van der Waals surface area contributed by atoms with E-state index in [0.717, 1.165) is 0 Å². The Morgan fingerprint density at radius 3 is 1.12 bits per heavy atom. The van der Waals surface area contributed by atoms with Gasteiger partial charge in [-0.3, -0.25) is 9.59 Å². The Hall–Kier alpha value is -0.740. The highest BCUT2D eigenvalue weighted by Crippen LogP contribution is 1.94. The first kappa shape index (κ1) is 17.6. The van der Waals surface area contributed by atoms with E-state index < -0.39 is 12.2 Å². The van der Waals surface area contributed by atoms with Crippen LogP contribution in [-0.2, 0) is 9.59 Å². The van der Waals surface area contributed by atoms with E-state index in [1.165, 1.54) is 0 Å². The van der Waals surface area contributed by atoms with Gasteiger partial charge in [0.15, 0.2) is 11.6 Å². The predicted molar refractivity (Wildman–Crippen MR) is 63.2 cm³/mol. The van der Waals surface area contributed by atoms with Gasteiger partial charge in [-0.25, -0.2) is 0 Å². The molecule has 0 heterocycles. The van der Waals surface area contributed by atoms with Crippen molar-refractivity contribution >= 4 is 11.6 Å². The number of rotatable bonds is 6. The predicted octanol–water partition coefficient (Wildman–Crippen LogP) is 1.47. The number of aliphatic hydroxyl groups is 2. The summed E-state index contributed by atoms with van der Waals surface area (Å²) in [4.78, 5) is 21.0. The van der Waals surface area contributed by atoms with Gasteiger partial charge in [-0.2, -0.15) is 0 Å². The van der Waals surface area contributed by atoms with Crippen LogP contribution in [0.1, 0.15) is 53.4 Å². The summed E-state index contributed by atoms with van der Waals surface area (Å²) in [6, 6.07) is 0. The van der Waals surface area contributed by atoms with Crippen LogP contribution in [0.5, 0.6) is 0 Å². The molecule has 0 aromatic heterocycles. The molecule has 0 fully saturated rings. The zero-order valence-corrected chi connectivity index (χ0v) is 10.7. The lowest BCUT2D eigenvalue weighted by molar-refractivity contribution is -0.127. The largest absolute Gasteiger partial charge is 0.385 e. The van der Waals surface area contributed by atoms with Crippen molar-refractivity contribution in [3.8, 4) is 0 Å². The van der Waals surface area contributed by atoms with Crippen LogP contribution in [0.2, 0.25) is 0 Å². The van der Waals surface area contributed by atoms with Crippen LogP contribution in [0.3, 0.4) is 0 Å². The molecule has 16 heavy (non-hydrogen) atoms. The second-order valence-corrected chi connectivity index (χ2v) is 3.49. The van der Waals surface area contributed by atoms with Crippen molar-refractivity contribution in [2.24, 2.45) is 0 Å². The molecule has 2 unspecified atom stereocenters. The molecular weight excluding hydrogens is 208 g/mol. The first-order valence-electron chi connectivity index (χ1n) is 5.85. The summed E-state index contributed by atoms with van der Waals surface area (Å²) in [5, 5.41) is 17.6. The van der Waals surface area contributed by atoms with Crippen molar-refractivity contribution < 1.29 is 19.8 Å². The van der Waals surface area contributed by atoms with Gasteiger partial charge < -0.3 is 10.2 Å². The first-order valence-corrected chi connectivity index (χ1v) is 5.85. The molecule has 4 heteroatoms. The zero-order valence-electron chi connectivity index (χ0n) is 10.7. The number of hydrogen-bond donors (Lipinski definition) is 2. The number of hydrogen-bond acceptors (Lipinski definition) is 4. The highest BCUT2D eigenvalue weighted by atomic mass is 16.3. The second-order valence-electron chi connectivity index (χ2n) is 3.49. The summed E-state index contributed by atoms with van der Waals surface area (Å²) in [6.07, 6.45) is 0.503. The van der Waals surface area contributed by atoms with E-state index in [-0.39, 0.29) is 11.6 Å². The molecule has 0 aliphatic carbocycles. The molecule has 0 saturated heterocycles. The van der Waals surface area contributed by atoms with Crippen molar-refractivity contribution in [3.63, 3.8) is 0 Å². The first-order chi connectivity index (χ1) is 7.44. The molecule has 0 aliphatic rings. The number of ketones is 2. The van der Waals surface area contributed by atoms with Gasteiger partial charge in [-0.1, -0.05) is 27.7 Å². The van der Waals surface area contributed by atoms with Gasteiger partial charge >= 0.3 is 0 Å². The number of aliphatic hydroxyl groups excluding tert-OH is 2. The summed E-state index contributed by atoms with van der Waals surface area (Å²) < 4.78 is 0. The molecule has 0 saturated carbocycles. The lowest BCUT2D eigenvalue weighted by atomic mass is 10.1. The standard InChI is InChI=1S/2C6H12O2/c2*1-3-5(7)6(8)4-2/h2*5,7H,3-4H2,1-2H3. The van der Waals surface area contributed by atoms with Crippen molar-refractivity contribution in [1.82, 2.24) is 0 Å². The van der Waals surface area contributed by atoms with Crippen LogP contribution in [0.15, 0.2) is 0 Å². The van der Waals surface area contributed by atoms with Gasteiger partial charge in [0.2, 0.25) is 0 Å². The van der Waals surface area contributed by atoms with Crippen molar-refractivity contribution in [3.05, 3.63) is 0 Å². The van der Waals surface area contributed by atoms with E-state index in [1.54, 1.807) is 27.7 Å². The summed E-state index contributed by atoms with van der Waals surface area (Å²) in [5.41, 5.74) is 0. The maximum atomic E-state index is 10.5. The Morgan fingerprint density at radius 2 is 1.06 bits per heavy atom. The van der Waals surface area contributed by atoms with Crippen LogP contribution < -0.4 is 0 Å². The highest BCUT2D eigenvalue weighted by molar-refractivity contribution is 5.82. The van der Waals surface area contributed by atoms with Gasteiger partial charge in [-0.15, -0.1) is 0 Å². The lowest BCUT2D eigenvalue weighted by Crippen LogP contribution is -2.17. The maximum absolute atomic E-state index is 10.5. The monoisotopic (exact) mass is 232 g/mol. The fourth-order valence-electron chi connectivity index (χ4n) is 0.927. The molecule has 0 aliphatic heterocycles. The van der Waals surface area contributed by atoms with E-state index in [0.29, 0.717) is 25.7 Å². The molecule has 0 bridgehead atoms. The Balaban J connectivity index is 0. The Bertz CT molecular complexity index is 179. The molecule has 4 nitrogen and oxygen atoms in total. The van der Waals surface area contributed by atoms with E-state index in [4.69, 9.17) is 10.2 Å². The molecule has 96 valence electrons. The van der Waals surface area contributed by atoms with Crippen molar-refractivity contribution in [2.45, 2.75) is 65.6 Å². The van der Waals surface area contributed by atoms with Crippen LogP contribution in [0, 0.1) is 0 Å². The SMILES string of the molecule is CCC(=O)C(O)CC.CCC(=O)C(O)CC. The van der Waals surface area contributed by atoms with Gasteiger partial charge in [0, 0.05) is 12.8 Å². The molecule has 2 atom stereocenters. The molecule has 0 amide bonds. The fourth-order valence-corrected chi connectivity index (χ4v) is 0.927. The van der Waals surface area contributed by atoms with E-state index in [9.17, 15) is 9.59 Å². The molecule has 2 N–H and O–H groups in total. The zero-order chi connectivity index (χ0) is 13.1. The van der Waals surface area contributed by atoms with Gasteiger partial charge in [0.1, 0.15) is 12.2 Å². The maximum Gasteiger partial charge on any atom is 0.160 e. The van der Waals surface area contributed by atoms with E-state index >= 15 is 0 Å². The van der Waals surface area contributed by atoms with Crippen molar-refractivity contribution in [1.29, 1.82) is 0 Å². The third-order valence-electron chi connectivity index (χ3n) is 2.21. The highest BCUT2D eigenvalue weighted by Gasteiger charge is 2.08. The minimum absolute atomic E-state index is 0.0625. The molecule has 0 radical (unpaired) electrons. The average Bonchev–Trinajstić information content (AvgIpc) is 2.35. The minimum Gasteiger partial charge on any atom is -0.385 e. The fraction of sp³-hybridized carbons (Fsp3) is 0.833. The topological polar surface area (TPSA) is 74.6 Å². The normalized spacial score (nSPS) is 13.4. The van der Waals surface area contributed by atoms with E-state index in [2.05, 4.69) is 0 Å². The van der Waals surface area contributed by atoms with Crippen LogP contribution in [0.25, 0.3) is 0 Å². The Kier molecular flexibility index (Phi) is 11.9. The minimum atomic E-state index is -0.722. The summed E-state index contributed by atoms with van der Waals surface area (Å²) in [7, 11) is 0. The molecular formula is C12H24O4. The van der Waals surface area contributed by atoms with Gasteiger partial charge in [-0.05, 0) is 12.8 Å². The van der Waals surface area contributed by atoms with Crippen LogP contribution >= 0.6 is 0 Å². The summed E-state index contributed by atoms with van der Waals surface area (Å²) >= 11 is 0. The number of carbonyl (C=O) groups excluding carboxylic acids is 2. The summed E-state index contributed by atoms with van der Waals surface area (Å²) in [6.45, 7) is 7.08. The average molecular weight is 232 g/mol. The summed E-state index contributed by atoms with van der Waals surface area (Å²) in [5.74, 6) is -0.125. The number of carbonyl (C=O) groups is 2. The third kappa shape index (κ3) is 8.56. The smallest absolute Gasteiger partial charge is 0.160 e. The van der Waals surface area contributed by atoms with Crippen LogP contribution in [0.4, 0.5) is 0 Å². The van der Waals surface area contributed by atoms with Crippen molar-refractivity contribution in [2.75, 3.05) is 0 Å². The number of Topliss-reactive ketones (excluding diaryl/α,β-unsaturated/α-hetero) is 2. The Morgan fingerprint density at radius 1 is 0.812 bits per heavy atom. The van der Waals surface area contributed by atoms with Crippen LogP contribution in [-0.4, -0.2) is 34.0 Å². The molecule has 0 aromatic carbocycles. The quantitative estimate of drug-likeness (QED) is 0.727. The molecule has 0 aromatic rings. The Labute approximate surface area is 97.7 Å². The van der Waals surface area contributed by atoms with Gasteiger partial charge in [0.05, 0.1) is 0 Å².